The lowest BCUT2D eigenvalue weighted by atomic mass is 9.99. The molecule has 7 heteroatoms. The summed E-state index contributed by atoms with van der Waals surface area (Å²) in [6.07, 6.45) is -0.812. The van der Waals surface area contributed by atoms with E-state index >= 15 is 0 Å². The number of carbonyl (C=O) groups is 1. The molecule has 1 fully saturated rings. The highest BCUT2D eigenvalue weighted by molar-refractivity contribution is 7.90. The molecule has 1 saturated carbocycles. The van der Waals surface area contributed by atoms with Crippen molar-refractivity contribution >= 4 is 21.4 Å². The maximum Gasteiger partial charge on any atom is 0.335 e. The summed E-state index contributed by atoms with van der Waals surface area (Å²) in [6, 6.07) is 5.38. The molecule has 0 bridgehead atoms. The first kappa shape index (κ1) is 16.6. The number of benzene rings is 1. The normalized spacial score (nSPS) is 26.1. The largest absolute Gasteiger partial charge is 0.478 e. The van der Waals surface area contributed by atoms with Gasteiger partial charge in [0.2, 0.25) is 0 Å². The van der Waals surface area contributed by atoms with Crippen LogP contribution in [0.25, 0.3) is 5.57 Å². The third-order valence-corrected chi connectivity index (χ3v) is 4.80. The smallest absolute Gasteiger partial charge is 0.335 e. The Bertz CT molecular complexity index is 685. The van der Waals surface area contributed by atoms with Gasteiger partial charge in [-0.15, -0.1) is 0 Å². The van der Waals surface area contributed by atoms with E-state index in [4.69, 9.17) is 0 Å². The molecule has 0 heterocycles. The molecule has 1 unspecified atom stereocenters. The number of hydrogen-bond acceptors (Lipinski definition) is 3. The van der Waals surface area contributed by atoms with E-state index in [9.17, 15) is 27.1 Å². The highest BCUT2D eigenvalue weighted by Crippen LogP contribution is 2.33. The third kappa shape index (κ3) is 3.71. The van der Waals surface area contributed by atoms with Crippen LogP contribution < -0.4 is 0 Å². The van der Waals surface area contributed by atoms with Crippen LogP contribution >= 0.6 is 0 Å². The molecule has 0 aliphatic heterocycles. The number of allylic oxidation sites excluding steroid dienone is 1. The molecule has 1 aliphatic carbocycles. The Hall–Kier alpha value is -1.76. The summed E-state index contributed by atoms with van der Waals surface area (Å²) in [7, 11) is -3.37. The predicted octanol–water partition coefficient (Wildman–Crippen LogP) is 2.64. The predicted molar refractivity (Wildman–Crippen MR) is 77.7 cm³/mol. The summed E-state index contributed by atoms with van der Waals surface area (Å²) in [5.74, 6) is -1.70. The molecular weight excluding hydrogens is 314 g/mol. The monoisotopic (exact) mass is 330 g/mol. The van der Waals surface area contributed by atoms with Crippen LogP contribution in [-0.4, -0.2) is 38.1 Å². The molecule has 0 radical (unpaired) electrons. The van der Waals surface area contributed by atoms with Crippen molar-refractivity contribution in [1.82, 2.24) is 0 Å². The van der Waals surface area contributed by atoms with Crippen molar-refractivity contribution in [2.45, 2.75) is 30.1 Å². The summed E-state index contributed by atoms with van der Waals surface area (Å²) in [6.45, 7) is 0. The molecule has 1 N–H and O–H groups in total. The Balaban J connectivity index is 2.31. The van der Waals surface area contributed by atoms with Gasteiger partial charge in [0.15, 0.2) is 9.84 Å². The molecule has 3 atom stereocenters. The molecule has 1 aromatic rings. The molecule has 0 saturated heterocycles. The van der Waals surface area contributed by atoms with E-state index in [0.29, 0.717) is 5.56 Å². The number of alkyl halides is 2. The van der Waals surface area contributed by atoms with Crippen LogP contribution in [0.1, 0.15) is 18.4 Å². The summed E-state index contributed by atoms with van der Waals surface area (Å²) >= 11 is 0. The zero-order chi connectivity index (χ0) is 16.5. The molecule has 0 amide bonds. The summed E-state index contributed by atoms with van der Waals surface area (Å²) < 4.78 is 49.1. The molecular formula is C15H16F2O4S. The lowest BCUT2D eigenvalue weighted by Crippen LogP contribution is -2.06. The Morgan fingerprint density at radius 2 is 1.68 bits per heavy atom. The summed E-state index contributed by atoms with van der Waals surface area (Å²) in [5, 5.41) is 9.27. The van der Waals surface area contributed by atoms with Gasteiger partial charge in [0.25, 0.3) is 0 Å². The second-order valence-corrected chi connectivity index (χ2v) is 7.46. The fourth-order valence-electron chi connectivity index (χ4n) is 2.51. The highest BCUT2D eigenvalue weighted by atomic mass is 32.2. The second-order valence-electron chi connectivity index (χ2n) is 5.45. The fourth-order valence-corrected chi connectivity index (χ4v) is 3.14. The highest BCUT2D eigenvalue weighted by Gasteiger charge is 2.34. The second kappa shape index (κ2) is 6.16. The van der Waals surface area contributed by atoms with Crippen LogP contribution in [0.4, 0.5) is 8.78 Å². The maximum atomic E-state index is 13.2. The lowest BCUT2D eigenvalue weighted by Gasteiger charge is -2.08. The minimum absolute atomic E-state index is 0.0423. The molecule has 120 valence electrons. The minimum atomic E-state index is -3.37. The van der Waals surface area contributed by atoms with Gasteiger partial charge in [-0.05, 0) is 36.5 Å². The molecule has 4 nitrogen and oxygen atoms in total. The van der Waals surface area contributed by atoms with Crippen LogP contribution in [0.5, 0.6) is 0 Å². The number of sulfone groups is 1. The van der Waals surface area contributed by atoms with Crippen molar-refractivity contribution in [3.8, 4) is 0 Å². The first-order valence-corrected chi connectivity index (χ1v) is 8.61. The number of aliphatic carboxylic acids is 1. The first-order valence-electron chi connectivity index (χ1n) is 6.72. The van der Waals surface area contributed by atoms with Crippen LogP contribution in [0, 0.1) is 5.92 Å². The van der Waals surface area contributed by atoms with Crippen LogP contribution in [0.3, 0.4) is 0 Å². The average Bonchev–Trinajstić information content (AvgIpc) is 2.74. The van der Waals surface area contributed by atoms with E-state index in [2.05, 4.69) is 0 Å². The fraction of sp³-hybridized carbons (Fsp3) is 0.400. The van der Waals surface area contributed by atoms with Gasteiger partial charge in [-0.3, -0.25) is 0 Å². The van der Waals surface area contributed by atoms with E-state index in [1.54, 1.807) is 0 Å². The van der Waals surface area contributed by atoms with Crippen LogP contribution in [-0.2, 0) is 14.6 Å². The molecule has 22 heavy (non-hydrogen) atoms. The summed E-state index contributed by atoms with van der Waals surface area (Å²) in [5.41, 5.74) is 0.226. The van der Waals surface area contributed by atoms with E-state index in [0.717, 1.165) is 6.26 Å². The van der Waals surface area contributed by atoms with Gasteiger partial charge in [0, 0.05) is 6.26 Å². The maximum absolute atomic E-state index is 13.2. The molecule has 0 spiro atoms. The van der Waals surface area contributed by atoms with Crippen LogP contribution in [0.2, 0.25) is 0 Å². The Morgan fingerprint density at radius 1 is 1.18 bits per heavy atom. The topological polar surface area (TPSA) is 71.4 Å². The van der Waals surface area contributed by atoms with Crippen molar-refractivity contribution in [2.75, 3.05) is 6.26 Å². The van der Waals surface area contributed by atoms with Crippen molar-refractivity contribution in [1.29, 1.82) is 0 Å². The average molecular weight is 330 g/mol. The first-order chi connectivity index (χ1) is 10.2. The number of halogens is 2. The minimum Gasteiger partial charge on any atom is -0.478 e. The van der Waals surface area contributed by atoms with Gasteiger partial charge >= 0.3 is 5.97 Å². The standard InChI is InChI=1S/C15H16F2O4S/c1-22(20,21)11-4-2-10(3-5-11)12(15(18)19)6-9-7-13(16)14(17)8-9/h2-6,9,13-14H,7-8H2,1H3,(H,18,19)/b12-6+/t9?,13-,14+. The Morgan fingerprint density at radius 3 is 2.09 bits per heavy atom. The zero-order valence-electron chi connectivity index (χ0n) is 11.9. The summed E-state index contributed by atoms with van der Waals surface area (Å²) in [4.78, 5) is 11.4. The van der Waals surface area contributed by atoms with E-state index < -0.39 is 34.1 Å². The molecule has 2 rings (SSSR count). The Kier molecular flexibility index (Phi) is 4.65. The molecule has 0 aromatic heterocycles. The number of carboxylic acid groups (broad SMARTS) is 1. The Labute approximate surface area is 127 Å². The number of hydrogen-bond donors (Lipinski definition) is 1. The van der Waals surface area contributed by atoms with E-state index in [1.165, 1.54) is 30.3 Å². The van der Waals surface area contributed by atoms with E-state index in [-0.39, 0.29) is 23.3 Å². The van der Waals surface area contributed by atoms with Gasteiger partial charge in [-0.2, -0.15) is 0 Å². The molecule has 1 aromatic carbocycles. The van der Waals surface area contributed by atoms with Crippen molar-refractivity contribution in [3.05, 3.63) is 35.9 Å². The quantitative estimate of drug-likeness (QED) is 0.862. The van der Waals surface area contributed by atoms with Gasteiger partial charge in [0.05, 0.1) is 10.5 Å². The number of rotatable bonds is 4. The van der Waals surface area contributed by atoms with E-state index in [1.807, 2.05) is 0 Å². The molecule has 1 aliphatic rings. The van der Waals surface area contributed by atoms with Crippen molar-refractivity contribution in [2.24, 2.45) is 5.92 Å². The van der Waals surface area contributed by atoms with Crippen molar-refractivity contribution in [3.63, 3.8) is 0 Å². The van der Waals surface area contributed by atoms with Crippen LogP contribution in [0.15, 0.2) is 35.2 Å². The van der Waals surface area contributed by atoms with Gasteiger partial charge in [-0.25, -0.2) is 22.0 Å². The number of carboxylic acids is 1. The van der Waals surface area contributed by atoms with Gasteiger partial charge < -0.3 is 5.11 Å². The zero-order valence-corrected chi connectivity index (χ0v) is 12.7. The SMILES string of the molecule is CS(=O)(=O)c1ccc(/C(=C\C2C[C@@H](F)[C@@H](F)C2)C(=O)O)cc1. The van der Waals surface area contributed by atoms with Crippen molar-refractivity contribution < 1.29 is 27.1 Å². The lowest BCUT2D eigenvalue weighted by molar-refractivity contribution is -0.130. The van der Waals surface area contributed by atoms with Gasteiger partial charge in [0.1, 0.15) is 12.3 Å². The van der Waals surface area contributed by atoms with Gasteiger partial charge in [-0.1, -0.05) is 18.2 Å². The third-order valence-electron chi connectivity index (χ3n) is 3.67.